The topological polar surface area (TPSA) is 129 Å². The number of anilines is 2. The molecule has 0 amide bonds. The maximum atomic E-state index is 8.81. The minimum Gasteiger partial charge on any atom is -0.537 e. The number of nitrogens with zero attached hydrogens (tertiary/aromatic N) is 2. The van der Waals surface area contributed by atoms with Crippen molar-refractivity contribution in [2.24, 2.45) is 0 Å². The molecule has 34 heavy (non-hydrogen) atoms. The minimum absolute atomic E-state index is 0.430. The van der Waals surface area contributed by atoms with E-state index in [4.69, 9.17) is 38.6 Å². The number of rotatable bonds is 3. The molecule has 0 saturated heterocycles. The van der Waals surface area contributed by atoms with Crippen LogP contribution in [0.1, 0.15) is 11.1 Å². The van der Waals surface area contributed by atoms with E-state index < -0.39 is 0 Å². The second-order valence-electron chi connectivity index (χ2n) is 6.66. The van der Waals surface area contributed by atoms with Crippen LogP contribution in [-0.2, 0) is 0 Å². The van der Waals surface area contributed by atoms with Crippen molar-refractivity contribution < 1.29 is 9.68 Å². The van der Waals surface area contributed by atoms with Crippen molar-refractivity contribution in [1.82, 2.24) is 0 Å². The molecule has 0 saturated carbocycles. The molecule has 167 valence electrons. The van der Waals surface area contributed by atoms with E-state index in [9.17, 15) is 0 Å². The summed E-state index contributed by atoms with van der Waals surface area (Å²) in [6.45, 7) is 0. The van der Waals surface area contributed by atoms with Gasteiger partial charge in [-0.3, -0.25) is 0 Å². The van der Waals surface area contributed by atoms with Crippen molar-refractivity contribution >= 4 is 30.7 Å². The molecular formula is C26H21BClN4O2. The predicted octanol–water partition coefficient (Wildman–Crippen LogP) is 5.19. The van der Waals surface area contributed by atoms with E-state index in [1.165, 1.54) is 6.07 Å². The molecule has 0 spiro atoms. The smallest absolute Gasteiger partial charge is 0.537 e. The first-order valence-corrected chi connectivity index (χ1v) is 10.3. The van der Waals surface area contributed by atoms with E-state index in [1.54, 1.807) is 36.4 Å². The van der Waals surface area contributed by atoms with Gasteiger partial charge in [0.25, 0.3) is 0 Å². The molecule has 1 radical (unpaired) electrons. The number of benzene rings is 4. The van der Waals surface area contributed by atoms with Gasteiger partial charge < -0.3 is 21.1 Å². The van der Waals surface area contributed by atoms with Gasteiger partial charge in [0.05, 0.1) is 39.7 Å². The molecule has 0 fully saturated rings. The second-order valence-corrected chi connectivity index (χ2v) is 7.07. The first kappa shape index (κ1) is 25.8. The Morgan fingerprint density at radius 2 is 1.26 bits per heavy atom. The molecule has 0 aliphatic heterocycles. The normalized spacial score (nSPS) is 9.06. The van der Waals surface area contributed by atoms with E-state index in [-0.39, 0.29) is 0 Å². The third-order valence-electron chi connectivity index (χ3n) is 4.33. The fourth-order valence-corrected chi connectivity index (χ4v) is 2.83. The third-order valence-corrected chi connectivity index (χ3v) is 4.66. The van der Waals surface area contributed by atoms with Gasteiger partial charge in [0, 0.05) is 11.3 Å². The molecule has 0 heterocycles. The molecule has 8 heteroatoms. The van der Waals surface area contributed by atoms with Gasteiger partial charge in [-0.25, -0.2) is 0 Å². The zero-order valence-electron chi connectivity index (χ0n) is 18.1. The minimum atomic E-state index is 0.430. The first-order chi connectivity index (χ1) is 16.5. The standard InChI is InChI=1S/C13H10N2.C7H5ClN2.C6H6BO2/c14-9-10-6-7-13(15)12(8-10)11-4-2-1-3-5-11;8-6-3-5(4-9)1-2-7(6)10;8-7-9-6-4-2-1-3-5-6/h1-8H,15H2;1-3H,10H2;1-5,8H. The largest absolute Gasteiger partial charge is 0.569 e. The van der Waals surface area contributed by atoms with Gasteiger partial charge in [-0.2, -0.15) is 10.5 Å². The Balaban J connectivity index is 0.000000189. The lowest BCUT2D eigenvalue weighted by Crippen LogP contribution is -1.98. The van der Waals surface area contributed by atoms with Gasteiger partial charge in [-0.1, -0.05) is 60.1 Å². The highest BCUT2D eigenvalue weighted by atomic mass is 35.5. The number of halogens is 1. The first-order valence-electron chi connectivity index (χ1n) is 9.96. The Morgan fingerprint density at radius 1 is 0.735 bits per heavy atom. The van der Waals surface area contributed by atoms with Crippen molar-refractivity contribution in [2.45, 2.75) is 0 Å². The zero-order chi connectivity index (χ0) is 24.8. The molecule has 0 aliphatic carbocycles. The molecule has 4 aromatic rings. The average Bonchev–Trinajstić information content (AvgIpc) is 2.88. The van der Waals surface area contributed by atoms with Gasteiger partial charge in [0.1, 0.15) is 0 Å². The number of hydrogen-bond acceptors (Lipinski definition) is 6. The van der Waals surface area contributed by atoms with E-state index in [0.717, 1.165) is 11.1 Å². The summed E-state index contributed by atoms with van der Waals surface area (Å²) in [4.78, 5) is 0. The van der Waals surface area contributed by atoms with Crippen molar-refractivity contribution in [3.05, 3.63) is 113 Å². The lowest BCUT2D eigenvalue weighted by molar-refractivity contribution is 0.454. The Bertz CT molecular complexity index is 1270. The molecule has 0 bridgehead atoms. The van der Waals surface area contributed by atoms with E-state index in [0.29, 0.717) is 41.0 Å². The van der Waals surface area contributed by atoms with E-state index in [2.05, 4.69) is 10.7 Å². The van der Waals surface area contributed by atoms with Gasteiger partial charge >= 0.3 is 7.69 Å². The lowest BCUT2D eigenvalue weighted by Gasteiger charge is -2.05. The molecule has 0 unspecified atom stereocenters. The highest BCUT2D eigenvalue weighted by molar-refractivity contribution is 6.33. The van der Waals surface area contributed by atoms with E-state index >= 15 is 0 Å². The van der Waals surface area contributed by atoms with Crippen LogP contribution < -0.4 is 16.1 Å². The van der Waals surface area contributed by atoms with Crippen molar-refractivity contribution in [2.75, 3.05) is 11.5 Å². The molecule has 4 rings (SSSR count). The molecule has 0 aromatic heterocycles. The monoisotopic (exact) mass is 467 g/mol. The predicted molar refractivity (Wildman–Crippen MR) is 137 cm³/mol. The number of nitriles is 2. The molecule has 0 aliphatic rings. The fraction of sp³-hybridized carbons (Fsp3) is 0. The highest BCUT2D eigenvalue weighted by Gasteiger charge is 2.02. The Kier molecular flexibility index (Phi) is 10.5. The maximum Gasteiger partial charge on any atom is 0.569 e. The van der Waals surface area contributed by atoms with Crippen LogP contribution in [0.3, 0.4) is 0 Å². The Hall–Kier alpha value is -4.43. The molecule has 5 N–H and O–H groups in total. The zero-order valence-corrected chi connectivity index (χ0v) is 18.9. The van der Waals surface area contributed by atoms with Crippen LogP contribution in [-0.4, -0.2) is 12.7 Å². The summed E-state index contributed by atoms with van der Waals surface area (Å²) in [7, 11) is 0.662. The average molecular weight is 468 g/mol. The summed E-state index contributed by atoms with van der Waals surface area (Å²) in [5.74, 6) is 0.639. The molecule has 6 nitrogen and oxygen atoms in total. The van der Waals surface area contributed by atoms with Crippen LogP contribution in [0.2, 0.25) is 5.02 Å². The highest BCUT2D eigenvalue weighted by Crippen LogP contribution is 2.26. The third kappa shape index (κ3) is 8.25. The molecular weight excluding hydrogens is 447 g/mol. The van der Waals surface area contributed by atoms with Crippen LogP contribution in [0.15, 0.2) is 97.1 Å². The van der Waals surface area contributed by atoms with Gasteiger partial charge in [0.2, 0.25) is 0 Å². The summed E-state index contributed by atoms with van der Waals surface area (Å²) in [5.41, 5.74) is 15.6. The van der Waals surface area contributed by atoms with Crippen molar-refractivity contribution in [1.29, 1.82) is 10.5 Å². The van der Waals surface area contributed by atoms with Crippen LogP contribution in [0.25, 0.3) is 11.1 Å². The lowest BCUT2D eigenvalue weighted by atomic mass is 10.0. The van der Waals surface area contributed by atoms with Crippen molar-refractivity contribution in [3.63, 3.8) is 0 Å². The van der Waals surface area contributed by atoms with Crippen LogP contribution in [0.4, 0.5) is 11.4 Å². The second kappa shape index (κ2) is 13.9. The number of nitrogen functional groups attached to an aromatic ring is 2. The molecule has 4 aromatic carbocycles. The summed E-state index contributed by atoms with van der Waals surface area (Å²) in [6.07, 6.45) is 0. The SMILES string of the molecule is N#Cc1ccc(N)c(-c2ccccc2)c1.N#Cc1ccc(N)c(Cl)c1.O[B]Oc1ccccc1. The summed E-state index contributed by atoms with van der Waals surface area (Å²) < 4.78 is 4.64. The Morgan fingerprint density at radius 3 is 1.79 bits per heavy atom. The maximum absolute atomic E-state index is 8.81. The number of para-hydroxylation sites is 1. The summed E-state index contributed by atoms with van der Waals surface area (Å²) >= 11 is 5.62. The molecule has 0 atom stereocenters. The summed E-state index contributed by atoms with van der Waals surface area (Å²) in [5, 5.41) is 25.8. The van der Waals surface area contributed by atoms with Crippen molar-refractivity contribution in [3.8, 4) is 29.0 Å². The fourth-order valence-electron chi connectivity index (χ4n) is 2.65. The summed E-state index contributed by atoms with van der Waals surface area (Å²) in [6, 6.07) is 33.0. The van der Waals surface area contributed by atoms with Gasteiger partial charge in [0.15, 0.2) is 0 Å². The van der Waals surface area contributed by atoms with Crippen LogP contribution in [0, 0.1) is 22.7 Å². The quantitative estimate of drug-likeness (QED) is 0.281. The number of hydrogen-bond donors (Lipinski definition) is 3. The van der Waals surface area contributed by atoms with E-state index in [1.807, 2.05) is 60.7 Å². The van der Waals surface area contributed by atoms with Gasteiger partial charge in [-0.05, 0) is 54.1 Å². The van der Waals surface area contributed by atoms with Crippen LogP contribution >= 0.6 is 11.6 Å². The number of nitrogens with two attached hydrogens (primary N) is 2. The Labute approximate surface area is 204 Å². The van der Waals surface area contributed by atoms with Crippen LogP contribution in [0.5, 0.6) is 5.75 Å². The van der Waals surface area contributed by atoms with Gasteiger partial charge in [-0.15, -0.1) is 0 Å².